The molecule has 9 nitrogen and oxygen atoms in total. The molecule has 2 rings (SSSR count). The highest BCUT2D eigenvalue weighted by Crippen LogP contribution is 2.26. The lowest BCUT2D eigenvalue weighted by molar-refractivity contribution is -0.137. The molecule has 0 spiro atoms. The van der Waals surface area contributed by atoms with E-state index in [1.165, 1.54) is 11.8 Å². The Bertz CT molecular complexity index is 718. The lowest BCUT2D eigenvalue weighted by Crippen LogP contribution is -2.47. The zero-order chi connectivity index (χ0) is 20.0. The van der Waals surface area contributed by atoms with E-state index in [0.717, 1.165) is 0 Å². The molecule has 0 radical (unpaired) electrons. The summed E-state index contributed by atoms with van der Waals surface area (Å²) in [5.41, 5.74) is 0.676. The number of benzene rings is 1. The molecule has 1 aromatic carbocycles. The third kappa shape index (κ3) is 5.44. The molecule has 0 aliphatic carbocycles. The molecule has 1 fully saturated rings. The third-order valence-electron chi connectivity index (χ3n) is 4.27. The number of ether oxygens (including phenoxy) is 1. The Balaban J connectivity index is 1.88. The maximum Gasteiger partial charge on any atom is 0.305 e. The van der Waals surface area contributed by atoms with E-state index in [9.17, 15) is 19.2 Å². The average Bonchev–Trinajstić information content (AvgIpc) is 3.03. The van der Waals surface area contributed by atoms with Gasteiger partial charge in [-0.25, -0.2) is 0 Å². The van der Waals surface area contributed by atoms with Crippen LogP contribution in [0.2, 0.25) is 0 Å². The molecule has 1 aliphatic heterocycles. The van der Waals surface area contributed by atoms with E-state index in [4.69, 9.17) is 9.84 Å². The van der Waals surface area contributed by atoms with Crippen LogP contribution in [0.25, 0.3) is 0 Å². The number of carbonyl (C=O) groups is 4. The SMILES string of the molecule is COc1ccc(N2C[C@@H](C(=O)N[C@@H](C)C(=O)NCCC(=O)O)CC2=O)cc1. The predicted molar refractivity (Wildman–Crippen MR) is 96.3 cm³/mol. The molecule has 2 atom stereocenters. The summed E-state index contributed by atoms with van der Waals surface area (Å²) < 4.78 is 5.09. The van der Waals surface area contributed by atoms with E-state index in [1.807, 2.05) is 0 Å². The second-order valence-electron chi connectivity index (χ2n) is 6.27. The van der Waals surface area contributed by atoms with Gasteiger partial charge in [0.05, 0.1) is 19.4 Å². The van der Waals surface area contributed by atoms with Crippen molar-refractivity contribution in [2.24, 2.45) is 5.92 Å². The Morgan fingerprint density at radius 1 is 1.30 bits per heavy atom. The maximum absolute atomic E-state index is 12.4. The number of carboxylic acid groups (broad SMARTS) is 1. The first kappa shape index (κ1) is 20.2. The fourth-order valence-corrected chi connectivity index (χ4v) is 2.74. The first-order valence-electron chi connectivity index (χ1n) is 8.56. The van der Waals surface area contributed by atoms with Gasteiger partial charge in [0.15, 0.2) is 0 Å². The zero-order valence-electron chi connectivity index (χ0n) is 15.2. The maximum atomic E-state index is 12.4. The Morgan fingerprint density at radius 3 is 2.56 bits per heavy atom. The van der Waals surface area contributed by atoms with E-state index in [1.54, 1.807) is 31.4 Å². The van der Waals surface area contributed by atoms with Crippen LogP contribution in [0, 0.1) is 5.92 Å². The van der Waals surface area contributed by atoms with Crippen LogP contribution in [0.1, 0.15) is 19.8 Å². The Labute approximate surface area is 156 Å². The van der Waals surface area contributed by atoms with Crippen LogP contribution in [0.4, 0.5) is 5.69 Å². The minimum atomic E-state index is -1.02. The van der Waals surface area contributed by atoms with Crippen LogP contribution < -0.4 is 20.3 Å². The van der Waals surface area contributed by atoms with Crippen LogP contribution in [-0.2, 0) is 19.2 Å². The zero-order valence-corrected chi connectivity index (χ0v) is 15.2. The van der Waals surface area contributed by atoms with Crippen molar-refractivity contribution in [3.8, 4) is 5.75 Å². The topological polar surface area (TPSA) is 125 Å². The van der Waals surface area contributed by atoms with Crippen molar-refractivity contribution in [1.29, 1.82) is 0 Å². The molecule has 146 valence electrons. The molecule has 9 heteroatoms. The number of hydrogen-bond acceptors (Lipinski definition) is 5. The lowest BCUT2D eigenvalue weighted by atomic mass is 10.1. The van der Waals surface area contributed by atoms with E-state index in [-0.39, 0.29) is 37.7 Å². The smallest absolute Gasteiger partial charge is 0.305 e. The second-order valence-corrected chi connectivity index (χ2v) is 6.27. The van der Waals surface area contributed by atoms with Gasteiger partial charge >= 0.3 is 5.97 Å². The molecule has 1 aromatic rings. The fourth-order valence-electron chi connectivity index (χ4n) is 2.74. The van der Waals surface area contributed by atoms with Crippen molar-refractivity contribution in [2.45, 2.75) is 25.8 Å². The monoisotopic (exact) mass is 377 g/mol. The van der Waals surface area contributed by atoms with Crippen LogP contribution >= 0.6 is 0 Å². The van der Waals surface area contributed by atoms with Gasteiger partial charge in [0.2, 0.25) is 17.7 Å². The quantitative estimate of drug-likeness (QED) is 0.592. The summed E-state index contributed by atoms with van der Waals surface area (Å²) in [6.45, 7) is 1.72. The normalized spacial score (nSPS) is 17.3. The lowest BCUT2D eigenvalue weighted by Gasteiger charge is -2.18. The standard InChI is InChI=1S/C18H23N3O6/c1-11(17(25)19-8-7-16(23)24)20-18(26)12-9-15(22)21(10-12)13-3-5-14(27-2)6-4-13/h3-6,11-12H,7-10H2,1-2H3,(H,19,25)(H,20,26)(H,23,24)/t11-,12-/m0/s1. The van der Waals surface area contributed by atoms with E-state index < -0.39 is 23.8 Å². The number of methoxy groups -OCH3 is 1. The van der Waals surface area contributed by atoms with Crippen LogP contribution in [0.3, 0.4) is 0 Å². The van der Waals surface area contributed by atoms with E-state index >= 15 is 0 Å². The van der Waals surface area contributed by atoms with Crippen molar-refractivity contribution >= 4 is 29.4 Å². The molecule has 3 N–H and O–H groups in total. The van der Waals surface area contributed by atoms with Gasteiger partial charge in [0.1, 0.15) is 11.8 Å². The summed E-state index contributed by atoms with van der Waals surface area (Å²) in [4.78, 5) is 48.5. The van der Waals surface area contributed by atoms with E-state index in [2.05, 4.69) is 10.6 Å². The Hall–Kier alpha value is -3.10. The van der Waals surface area contributed by atoms with Crippen molar-refractivity contribution in [3.63, 3.8) is 0 Å². The van der Waals surface area contributed by atoms with Crippen molar-refractivity contribution in [3.05, 3.63) is 24.3 Å². The van der Waals surface area contributed by atoms with Gasteiger partial charge in [-0.2, -0.15) is 0 Å². The predicted octanol–water partition coefficient (Wildman–Crippen LogP) is 0.144. The minimum Gasteiger partial charge on any atom is -0.497 e. The molecule has 0 unspecified atom stereocenters. The van der Waals surface area contributed by atoms with E-state index in [0.29, 0.717) is 11.4 Å². The highest BCUT2D eigenvalue weighted by molar-refractivity contribution is 6.01. The Kier molecular flexibility index (Phi) is 6.75. The van der Waals surface area contributed by atoms with Crippen molar-refractivity contribution < 1.29 is 29.0 Å². The number of nitrogens with one attached hydrogen (secondary N) is 2. The number of nitrogens with zero attached hydrogens (tertiary/aromatic N) is 1. The number of aliphatic carboxylic acids is 1. The second kappa shape index (κ2) is 9.02. The van der Waals surface area contributed by atoms with Crippen LogP contribution in [0.15, 0.2) is 24.3 Å². The van der Waals surface area contributed by atoms with Gasteiger partial charge in [-0.3, -0.25) is 19.2 Å². The molecule has 0 aromatic heterocycles. The van der Waals surface area contributed by atoms with Gasteiger partial charge in [-0.15, -0.1) is 0 Å². The largest absolute Gasteiger partial charge is 0.497 e. The molecular formula is C18H23N3O6. The first-order chi connectivity index (χ1) is 12.8. The van der Waals surface area contributed by atoms with Crippen LogP contribution in [-0.4, -0.2) is 55.0 Å². The summed E-state index contributed by atoms with van der Waals surface area (Å²) in [5, 5.41) is 13.6. The van der Waals surface area contributed by atoms with Crippen molar-refractivity contribution in [1.82, 2.24) is 10.6 Å². The minimum absolute atomic E-state index is 0.0124. The van der Waals surface area contributed by atoms with Gasteiger partial charge < -0.3 is 25.4 Å². The van der Waals surface area contributed by atoms with Crippen LogP contribution in [0.5, 0.6) is 5.75 Å². The molecular weight excluding hydrogens is 354 g/mol. The molecule has 1 aliphatic rings. The summed E-state index contributed by atoms with van der Waals surface area (Å²) >= 11 is 0. The van der Waals surface area contributed by atoms with Gasteiger partial charge in [0, 0.05) is 25.2 Å². The summed E-state index contributed by atoms with van der Waals surface area (Å²) in [6.07, 6.45) is -0.133. The molecule has 0 bridgehead atoms. The van der Waals surface area contributed by atoms with Crippen molar-refractivity contribution in [2.75, 3.05) is 25.1 Å². The molecule has 27 heavy (non-hydrogen) atoms. The number of carboxylic acids is 1. The molecule has 1 heterocycles. The van der Waals surface area contributed by atoms with Gasteiger partial charge in [-0.05, 0) is 31.2 Å². The summed E-state index contributed by atoms with van der Waals surface area (Å²) in [5.74, 6) is -1.94. The highest BCUT2D eigenvalue weighted by atomic mass is 16.5. The average molecular weight is 377 g/mol. The van der Waals surface area contributed by atoms with Gasteiger partial charge in [-0.1, -0.05) is 0 Å². The number of hydrogen-bond donors (Lipinski definition) is 3. The number of amides is 3. The number of anilines is 1. The van der Waals surface area contributed by atoms with Gasteiger partial charge in [0.25, 0.3) is 0 Å². The first-order valence-corrected chi connectivity index (χ1v) is 8.56. The molecule has 3 amide bonds. The molecule has 1 saturated heterocycles. The summed E-state index contributed by atoms with van der Waals surface area (Å²) in [6, 6.07) is 6.14. The molecule has 0 saturated carbocycles. The summed E-state index contributed by atoms with van der Waals surface area (Å²) in [7, 11) is 1.55. The third-order valence-corrected chi connectivity index (χ3v) is 4.27. The highest BCUT2D eigenvalue weighted by Gasteiger charge is 2.36. The number of rotatable bonds is 8. The Morgan fingerprint density at radius 2 is 1.96 bits per heavy atom. The fraction of sp³-hybridized carbons (Fsp3) is 0.444. The number of carbonyl (C=O) groups excluding carboxylic acids is 3.